The predicted octanol–water partition coefficient (Wildman–Crippen LogP) is 2.40. The van der Waals surface area contributed by atoms with Gasteiger partial charge in [-0.3, -0.25) is 9.67 Å². The number of H-pyrrole nitrogens is 2. The van der Waals surface area contributed by atoms with E-state index in [4.69, 9.17) is 0 Å². The first-order chi connectivity index (χ1) is 13.9. The van der Waals surface area contributed by atoms with Gasteiger partial charge in [0.2, 0.25) is 5.95 Å². The second-order valence-electron chi connectivity index (χ2n) is 6.04. The zero-order chi connectivity index (χ0) is 20.4. The molecule has 0 unspecified atom stereocenters. The average molecular weight is 405 g/mol. The average Bonchev–Trinajstić information content (AvgIpc) is 3.28. The number of alkyl halides is 3. The van der Waals surface area contributed by atoms with Crippen LogP contribution >= 0.6 is 0 Å². The van der Waals surface area contributed by atoms with Crippen LogP contribution in [0.1, 0.15) is 11.3 Å². The summed E-state index contributed by atoms with van der Waals surface area (Å²) in [6.45, 7) is 0.213. The van der Waals surface area contributed by atoms with Crippen LogP contribution in [0.5, 0.6) is 5.75 Å². The van der Waals surface area contributed by atoms with Crippen LogP contribution in [0.25, 0.3) is 11.2 Å². The van der Waals surface area contributed by atoms with E-state index in [1.54, 1.807) is 18.3 Å². The summed E-state index contributed by atoms with van der Waals surface area (Å²) in [6, 6.07) is 7.39. The summed E-state index contributed by atoms with van der Waals surface area (Å²) in [4.78, 5) is 23.4. The number of nitrogens with one attached hydrogen (secondary N) is 3. The minimum absolute atomic E-state index is 0.165. The summed E-state index contributed by atoms with van der Waals surface area (Å²) in [6.07, 6.45) is -1.81. The number of ether oxygens (including phenoxy) is 1. The Morgan fingerprint density at radius 1 is 1.21 bits per heavy atom. The van der Waals surface area contributed by atoms with Crippen molar-refractivity contribution in [1.82, 2.24) is 29.7 Å². The van der Waals surface area contributed by atoms with E-state index in [0.29, 0.717) is 12.1 Å². The van der Waals surface area contributed by atoms with Gasteiger partial charge in [-0.05, 0) is 12.1 Å². The fraction of sp³-hybridized carbons (Fsp3) is 0.176. The van der Waals surface area contributed by atoms with E-state index >= 15 is 0 Å². The van der Waals surface area contributed by atoms with Gasteiger partial charge >= 0.3 is 12.1 Å². The molecule has 3 aromatic heterocycles. The number of anilines is 1. The molecule has 4 aromatic rings. The minimum atomic E-state index is -4.84. The second-order valence-corrected chi connectivity index (χ2v) is 6.04. The molecule has 0 aliphatic heterocycles. The van der Waals surface area contributed by atoms with Crippen LogP contribution < -0.4 is 15.7 Å². The third-order valence-electron chi connectivity index (χ3n) is 4.03. The molecule has 0 fully saturated rings. The quantitative estimate of drug-likeness (QED) is 0.454. The fourth-order valence-electron chi connectivity index (χ4n) is 2.76. The number of hydrogen-bond acceptors (Lipinski definition) is 6. The van der Waals surface area contributed by atoms with Crippen LogP contribution in [-0.4, -0.2) is 36.1 Å². The summed E-state index contributed by atoms with van der Waals surface area (Å²) in [5, 5.41) is 9.60. The predicted molar refractivity (Wildman–Crippen MR) is 96.3 cm³/mol. The van der Waals surface area contributed by atoms with Crippen molar-refractivity contribution in [3.05, 3.63) is 64.5 Å². The molecule has 3 N–H and O–H groups in total. The van der Waals surface area contributed by atoms with Crippen LogP contribution in [0.2, 0.25) is 0 Å². The number of rotatable bonds is 6. The number of hydrogen-bond donors (Lipinski definition) is 3. The number of nitrogens with zero attached hydrogens (tertiary/aromatic N) is 4. The number of benzene rings is 1. The number of aromatic nitrogens is 6. The Kier molecular flexibility index (Phi) is 4.66. The summed E-state index contributed by atoms with van der Waals surface area (Å²) in [7, 11) is 0. The maximum atomic E-state index is 12.7. The van der Waals surface area contributed by atoms with E-state index < -0.39 is 12.1 Å². The number of para-hydroxylation sites is 1. The van der Waals surface area contributed by atoms with Gasteiger partial charge in [0, 0.05) is 11.8 Å². The molecule has 150 valence electrons. The van der Waals surface area contributed by atoms with Crippen molar-refractivity contribution in [2.75, 3.05) is 5.32 Å². The first-order valence-corrected chi connectivity index (χ1v) is 8.40. The topological polar surface area (TPSA) is 114 Å². The standard InChI is InChI=1S/C17H14F3N7O2/c18-17(19,20)29-13-4-2-1-3-10(13)9-27-14-12(24-16(27)28)8-22-15(25-14)21-7-11-5-6-23-26-11/h1-6,8H,7,9H2,(H,23,26)(H,24,28)(H,21,22,25). The molecule has 4 rings (SSSR count). The third kappa shape index (κ3) is 4.20. The first kappa shape index (κ1) is 18.5. The molecule has 0 saturated carbocycles. The first-order valence-electron chi connectivity index (χ1n) is 8.40. The van der Waals surface area contributed by atoms with Crippen molar-refractivity contribution in [3.8, 4) is 5.75 Å². The number of imidazole rings is 1. The van der Waals surface area contributed by atoms with Crippen molar-refractivity contribution in [2.45, 2.75) is 19.5 Å². The van der Waals surface area contributed by atoms with Gasteiger partial charge < -0.3 is 15.0 Å². The Morgan fingerprint density at radius 2 is 2.03 bits per heavy atom. The molecule has 3 heterocycles. The molecular weight excluding hydrogens is 391 g/mol. The molecule has 1 aromatic carbocycles. The van der Waals surface area contributed by atoms with Crippen molar-refractivity contribution >= 4 is 17.1 Å². The molecule has 0 aliphatic rings. The zero-order valence-corrected chi connectivity index (χ0v) is 14.7. The van der Waals surface area contributed by atoms with Crippen LogP contribution in [0.4, 0.5) is 19.1 Å². The molecule has 0 aliphatic carbocycles. The van der Waals surface area contributed by atoms with E-state index in [2.05, 4.69) is 35.2 Å². The molecule has 0 amide bonds. The van der Waals surface area contributed by atoms with E-state index in [9.17, 15) is 18.0 Å². The Bertz CT molecular complexity index is 1180. The highest BCUT2D eigenvalue weighted by Crippen LogP contribution is 2.27. The van der Waals surface area contributed by atoms with Gasteiger partial charge in [-0.25, -0.2) is 9.78 Å². The molecular formula is C17H14F3N7O2. The lowest BCUT2D eigenvalue weighted by Gasteiger charge is -2.13. The molecule has 0 spiro atoms. The Hall–Kier alpha value is -3.83. The van der Waals surface area contributed by atoms with Crippen molar-refractivity contribution in [1.29, 1.82) is 0 Å². The van der Waals surface area contributed by atoms with E-state index in [1.807, 2.05) is 0 Å². The smallest absolute Gasteiger partial charge is 0.405 e. The van der Waals surface area contributed by atoms with Gasteiger partial charge in [0.25, 0.3) is 0 Å². The molecule has 0 saturated heterocycles. The number of fused-ring (bicyclic) bond motifs is 1. The monoisotopic (exact) mass is 405 g/mol. The molecule has 29 heavy (non-hydrogen) atoms. The normalized spacial score (nSPS) is 11.7. The van der Waals surface area contributed by atoms with Gasteiger partial charge in [0.15, 0.2) is 5.65 Å². The zero-order valence-electron chi connectivity index (χ0n) is 14.7. The Labute approximate surface area is 160 Å². The van der Waals surface area contributed by atoms with Gasteiger partial charge in [-0.15, -0.1) is 13.2 Å². The highest BCUT2D eigenvalue weighted by molar-refractivity contribution is 5.71. The minimum Gasteiger partial charge on any atom is -0.405 e. The largest absolute Gasteiger partial charge is 0.573 e. The lowest BCUT2D eigenvalue weighted by molar-refractivity contribution is -0.274. The highest BCUT2D eigenvalue weighted by atomic mass is 19.4. The number of halogens is 3. The Balaban J connectivity index is 1.64. The fourth-order valence-corrected chi connectivity index (χ4v) is 2.76. The maximum absolute atomic E-state index is 12.7. The molecule has 0 bridgehead atoms. The summed E-state index contributed by atoms with van der Waals surface area (Å²) in [5.74, 6) is -0.132. The lowest BCUT2D eigenvalue weighted by Crippen LogP contribution is -2.21. The highest BCUT2D eigenvalue weighted by Gasteiger charge is 2.32. The SMILES string of the molecule is O=c1[nH]c2cnc(NCc3ccn[nH]3)nc2n1Cc1ccccc1OC(F)(F)F. The van der Waals surface area contributed by atoms with Crippen molar-refractivity contribution in [3.63, 3.8) is 0 Å². The molecule has 9 nitrogen and oxygen atoms in total. The lowest BCUT2D eigenvalue weighted by atomic mass is 10.2. The van der Waals surface area contributed by atoms with Crippen molar-refractivity contribution < 1.29 is 17.9 Å². The number of aromatic amines is 2. The third-order valence-corrected chi connectivity index (χ3v) is 4.03. The van der Waals surface area contributed by atoms with Gasteiger partial charge in [0.05, 0.1) is 25.0 Å². The van der Waals surface area contributed by atoms with Gasteiger partial charge in [0.1, 0.15) is 11.3 Å². The second kappa shape index (κ2) is 7.30. The summed E-state index contributed by atoms with van der Waals surface area (Å²) >= 11 is 0. The van der Waals surface area contributed by atoms with Crippen LogP contribution in [0.15, 0.2) is 47.5 Å². The summed E-state index contributed by atoms with van der Waals surface area (Å²) < 4.78 is 43.2. The van der Waals surface area contributed by atoms with Crippen LogP contribution in [0.3, 0.4) is 0 Å². The molecule has 12 heteroatoms. The van der Waals surface area contributed by atoms with E-state index in [-0.39, 0.29) is 29.5 Å². The van der Waals surface area contributed by atoms with Crippen LogP contribution in [-0.2, 0) is 13.1 Å². The summed E-state index contributed by atoms with van der Waals surface area (Å²) in [5.41, 5.74) is 1.06. The van der Waals surface area contributed by atoms with Crippen molar-refractivity contribution in [2.24, 2.45) is 0 Å². The van der Waals surface area contributed by atoms with Crippen LogP contribution in [0, 0.1) is 0 Å². The Morgan fingerprint density at radius 3 is 2.79 bits per heavy atom. The molecule has 0 atom stereocenters. The van der Waals surface area contributed by atoms with E-state index in [1.165, 1.54) is 29.0 Å². The maximum Gasteiger partial charge on any atom is 0.573 e. The van der Waals surface area contributed by atoms with E-state index in [0.717, 1.165) is 5.69 Å². The van der Waals surface area contributed by atoms with Gasteiger partial charge in [-0.1, -0.05) is 18.2 Å². The van der Waals surface area contributed by atoms with Gasteiger partial charge in [-0.2, -0.15) is 10.1 Å². The molecule has 0 radical (unpaired) electrons.